The van der Waals surface area contributed by atoms with E-state index in [1.165, 1.54) is 0 Å². The van der Waals surface area contributed by atoms with Crippen LogP contribution in [0.2, 0.25) is 0 Å². The first-order valence-corrected chi connectivity index (χ1v) is 8.77. The molecule has 1 aromatic carbocycles. The molecule has 1 aromatic heterocycles. The fraction of sp³-hybridized carbons (Fsp3) is 0.526. The molecule has 1 N–H and O–H groups in total. The van der Waals surface area contributed by atoms with Crippen molar-refractivity contribution in [2.24, 2.45) is 0 Å². The largest absolute Gasteiger partial charge is 0.331 e. The van der Waals surface area contributed by atoms with Gasteiger partial charge < -0.3 is 9.80 Å². The van der Waals surface area contributed by atoms with Gasteiger partial charge >= 0.3 is 0 Å². The molecule has 25 heavy (non-hydrogen) atoms. The second-order valence-electron chi connectivity index (χ2n) is 7.59. The Hall–Kier alpha value is -2.05. The highest BCUT2D eigenvalue weighted by molar-refractivity contribution is 5.81. The summed E-state index contributed by atoms with van der Waals surface area (Å²) >= 11 is 0. The van der Waals surface area contributed by atoms with Crippen molar-refractivity contribution in [2.45, 2.75) is 32.2 Å². The van der Waals surface area contributed by atoms with Crippen LogP contribution in [0.4, 0.5) is 0 Å². The van der Waals surface area contributed by atoms with Crippen LogP contribution in [0.3, 0.4) is 0 Å². The maximum atomic E-state index is 11.5. The molecule has 0 bridgehead atoms. The molecule has 0 saturated heterocycles. The quantitative estimate of drug-likeness (QED) is 0.703. The molecule has 0 spiro atoms. The van der Waals surface area contributed by atoms with Crippen molar-refractivity contribution in [1.29, 1.82) is 0 Å². The number of hydrogen-bond donors (Lipinski definition) is 1. The predicted molar refractivity (Wildman–Crippen MR) is 99.8 cm³/mol. The molecule has 6 nitrogen and oxygen atoms in total. The van der Waals surface area contributed by atoms with E-state index in [4.69, 9.17) is 0 Å². The van der Waals surface area contributed by atoms with E-state index in [-0.39, 0.29) is 11.8 Å². The topological polar surface area (TPSA) is 59.8 Å². The van der Waals surface area contributed by atoms with Crippen LogP contribution in [0.25, 0.3) is 5.69 Å². The first kappa shape index (κ1) is 19.3. The van der Waals surface area contributed by atoms with Gasteiger partial charge in [0.2, 0.25) is 0 Å². The third-order valence-electron chi connectivity index (χ3n) is 4.28. The molecule has 0 fully saturated rings. The summed E-state index contributed by atoms with van der Waals surface area (Å²) in [5, 5.41) is 11.6. The molecular formula is C19H30N5O+. The van der Waals surface area contributed by atoms with Gasteiger partial charge in [-0.2, -0.15) is 0 Å². The molecule has 0 aliphatic heterocycles. The Morgan fingerprint density at radius 2 is 1.92 bits per heavy atom. The number of nitrogens with zero attached hydrogens (tertiary/aromatic N) is 4. The third kappa shape index (κ3) is 6.07. The second-order valence-corrected chi connectivity index (χ2v) is 7.59. The summed E-state index contributed by atoms with van der Waals surface area (Å²) in [6.45, 7) is 2.73. The van der Waals surface area contributed by atoms with Crippen LogP contribution in [0.15, 0.2) is 30.5 Å². The molecule has 1 atom stereocenters. The lowest BCUT2D eigenvalue weighted by Gasteiger charge is -2.23. The number of nitrogens with one attached hydrogen (secondary N) is 1. The van der Waals surface area contributed by atoms with E-state index in [0.717, 1.165) is 40.8 Å². The third-order valence-corrected chi connectivity index (χ3v) is 4.28. The Labute approximate surface area is 150 Å². The summed E-state index contributed by atoms with van der Waals surface area (Å²) in [5.74, 6) is 0.154. The van der Waals surface area contributed by atoms with E-state index < -0.39 is 0 Å². The number of Topliss-reactive ketones (excluding diaryl/α,β-unsaturated/α-hetero) is 1. The van der Waals surface area contributed by atoms with Gasteiger partial charge in [-0.15, -0.1) is 5.10 Å². The van der Waals surface area contributed by atoms with Crippen LogP contribution in [-0.2, 0) is 17.6 Å². The number of aryl methyl sites for hydroxylation is 1. The SMILES string of the molecule is CN[C@@H](Cc1ccc(-n2cc(CCC[N+](C)(C)C)nn2)cc1)C(C)=O. The number of benzene rings is 1. The Kier molecular flexibility index (Phi) is 6.45. The number of ketones is 1. The normalized spacial score (nSPS) is 13.0. The lowest BCUT2D eigenvalue weighted by molar-refractivity contribution is -0.870. The Bertz CT molecular complexity index is 685. The van der Waals surface area contributed by atoms with E-state index in [2.05, 4.69) is 36.8 Å². The summed E-state index contributed by atoms with van der Waals surface area (Å²) in [5.41, 5.74) is 3.13. The van der Waals surface area contributed by atoms with Gasteiger partial charge in [0.15, 0.2) is 0 Å². The highest BCUT2D eigenvalue weighted by Gasteiger charge is 2.12. The Morgan fingerprint density at radius 1 is 1.24 bits per heavy atom. The number of aromatic nitrogens is 3. The van der Waals surface area contributed by atoms with E-state index >= 15 is 0 Å². The maximum Gasteiger partial charge on any atom is 0.147 e. The minimum Gasteiger partial charge on any atom is -0.331 e. The van der Waals surface area contributed by atoms with Gasteiger partial charge in [-0.25, -0.2) is 4.68 Å². The van der Waals surface area contributed by atoms with Gasteiger partial charge in [0.1, 0.15) is 5.78 Å². The summed E-state index contributed by atoms with van der Waals surface area (Å²) in [6, 6.07) is 7.99. The van der Waals surface area contributed by atoms with Crippen molar-refractivity contribution in [2.75, 3.05) is 34.7 Å². The molecule has 0 amide bonds. The minimum atomic E-state index is -0.134. The molecule has 2 rings (SSSR count). The molecule has 1 heterocycles. The van der Waals surface area contributed by atoms with Crippen molar-refractivity contribution in [1.82, 2.24) is 20.3 Å². The molecule has 136 valence electrons. The monoisotopic (exact) mass is 344 g/mol. The predicted octanol–water partition coefficient (Wildman–Crippen LogP) is 1.63. The van der Waals surface area contributed by atoms with E-state index in [9.17, 15) is 4.79 Å². The van der Waals surface area contributed by atoms with Gasteiger partial charge in [0.25, 0.3) is 0 Å². The first-order chi connectivity index (χ1) is 11.8. The van der Waals surface area contributed by atoms with Crippen molar-refractivity contribution in [3.8, 4) is 5.69 Å². The highest BCUT2D eigenvalue weighted by atomic mass is 16.1. The van der Waals surface area contributed by atoms with E-state index in [0.29, 0.717) is 6.42 Å². The zero-order chi connectivity index (χ0) is 18.4. The van der Waals surface area contributed by atoms with Crippen LogP contribution in [-0.4, -0.2) is 66.0 Å². The molecular weight excluding hydrogens is 314 g/mol. The summed E-state index contributed by atoms with van der Waals surface area (Å²) in [7, 11) is 8.41. The molecule has 6 heteroatoms. The second kappa shape index (κ2) is 8.36. The zero-order valence-electron chi connectivity index (χ0n) is 16.0. The van der Waals surface area contributed by atoms with Crippen LogP contribution in [0.1, 0.15) is 24.6 Å². The van der Waals surface area contributed by atoms with Crippen LogP contribution >= 0.6 is 0 Å². The van der Waals surface area contributed by atoms with Gasteiger partial charge in [-0.05, 0) is 44.5 Å². The number of quaternary nitrogens is 1. The molecule has 0 aliphatic rings. The number of carbonyl (C=O) groups is 1. The summed E-state index contributed by atoms with van der Waals surface area (Å²) in [6.07, 6.45) is 4.73. The summed E-state index contributed by atoms with van der Waals surface area (Å²) in [4.78, 5) is 11.5. The number of hydrogen-bond acceptors (Lipinski definition) is 4. The van der Waals surface area contributed by atoms with Gasteiger partial charge in [-0.1, -0.05) is 17.3 Å². The Morgan fingerprint density at radius 3 is 2.48 bits per heavy atom. The fourth-order valence-corrected chi connectivity index (χ4v) is 2.74. The van der Waals surface area contributed by atoms with Gasteiger partial charge in [-0.3, -0.25) is 4.79 Å². The zero-order valence-corrected chi connectivity index (χ0v) is 16.0. The number of rotatable bonds is 9. The van der Waals surface area contributed by atoms with Crippen molar-refractivity contribution < 1.29 is 9.28 Å². The molecule has 0 aliphatic carbocycles. The highest BCUT2D eigenvalue weighted by Crippen LogP contribution is 2.12. The maximum absolute atomic E-state index is 11.5. The molecule has 2 aromatic rings. The number of likely N-dealkylation sites (N-methyl/N-ethyl adjacent to an activating group) is 1. The van der Waals surface area contributed by atoms with Gasteiger partial charge in [0.05, 0.1) is 51.3 Å². The van der Waals surface area contributed by atoms with Crippen LogP contribution in [0.5, 0.6) is 0 Å². The first-order valence-electron chi connectivity index (χ1n) is 8.77. The average molecular weight is 344 g/mol. The van der Waals surface area contributed by atoms with Crippen LogP contribution in [0, 0.1) is 0 Å². The minimum absolute atomic E-state index is 0.134. The summed E-state index contributed by atoms with van der Waals surface area (Å²) < 4.78 is 2.77. The van der Waals surface area contributed by atoms with Crippen molar-refractivity contribution in [3.63, 3.8) is 0 Å². The lowest BCUT2D eigenvalue weighted by Crippen LogP contribution is -2.35. The van der Waals surface area contributed by atoms with Crippen LogP contribution < -0.4 is 5.32 Å². The fourth-order valence-electron chi connectivity index (χ4n) is 2.74. The van der Waals surface area contributed by atoms with Crippen molar-refractivity contribution in [3.05, 3.63) is 41.7 Å². The average Bonchev–Trinajstić information content (AvgIpc) is 3.00. The molecule has 0 unspecified atom stereocenters. The standard InChI is InChI=1S/C19H30N5O/c1-15(25)19(20-2)13-16-8-10-18(11-9-16)23-14-17(21-22-23)7-6-12-24(3,4)5/h8-11,14,19-20H,6-7,12-13H2,1-5H3/q+1/t19-/m0/s1. The van der Waals surface area contributed by atoms with E-state index in [1.807, 2.05) is 42.2 Å². The van der Waals surface area contributed by atoms with E-state index in [1.54, 1.807) is 6.92 Å². The Balaban J connectivity index is 1.97. The smallest absolute Gasteiger partial charge is 0.147 e. The van der Waals surface area contributed by atoms with Crippen molar-refractivity contribution >= 4 is 5.78 Å². The lowest BCUT2D eigenvalue weighted by atomic mass is 10.0. The number of carbonyl (C=O) groups excluding carboxylic acids is 1. The van der Waals surface area contributed by atoms with Gasteiger partial charge in [0, 0.05) is 6.42 Å². The molecule has 0 radical (unpaired) electrons. The molecule has 0 saturated carbocycles.